The Labute approximate surface area is 111 Å². The normalized spacial score (nSPS) is 11.3. The Morgan fingerprint density at radius 1 is 1.11 bits per heavy atom. The molecule has 0 unspecified atom stereocenters. The molecule has 5 nitrogen and oxygen atoms in total. The van der Waals surface area contributed by atoms with Gasteiger partial charge >= 0.3 is 0 Å². The minimum atomic E-state index is 0.217. The molecular weight excluding hydrogens is 238 g/mol. The molecule has 96 valence electrons. The van der Waals surface area contributed by atoms with Crippen LogP contribution in [0.5, 0.6) is 0 Å². The predicted octanol–water partition coefficient (Wildman–Crippen LogP) is 2.66. The van der Waals surface area contributed by atoms with E-state index in [1.54, 1.807) is 0 Å². The van der Waals surface area contributed by atoms with Crippen molar-refractivity contribution in [3.63, 3.8) is 0 Å². The number of nitrogen functional groups attached to an aromatic ring is 1. The van der Waals surface area contributed by atoms with Gasteiger partial charge in [-0.25, -0.2) is 14.6 Å². The molecule has 0 aliphatic heterocycles. The van der Waals surface area contributed by atoms with Gasteiger partial charge in [0.2, 0.25) is 0 Å². The van der Waals surface area contributed by atoms with Gasteiger partial charge in [-0.15, -0.1) is 0 Å². The van der Waals surface area contributed by atoms with Gasteiger partial charge in [-0.3, -0.25) is 0 Å². The van der Waals surface area contributed by atoms with E-state index in [0.29, 0.717) is 5.82 Å². The lowest BCUT2D eigenvalue weighted by molar-refractivity contribution is 0.548. The molecule has 19 heavy (non-hydrogen) atoms. The smallest absolute Gasteiger partial charge is 0.164 e. The number of hydrogen-bond acceptors (Lipinski definition) is 4. The van der Waals surface area contributed by atoms with Gasteiger partial charge in [-0.1, -0.05) is 30.3 Å². The van der Waals surface area contributed by atoms with Crippen LogP contribution in [0.3, 0.4) is 0 Å². The van der Waals surface area contributed by atoms with Crippen molar-refractivity contribution in [2.24, 2.45) is 0 Å². The number of hydrogen-bond donors (Lipinski definition) is 1. The second-order valence-corrected chi connectivity index (χ2v) is 4.71. The molecule has 2 N–H and O–H groups in total. The second-order valence-electron chi connectivity index (χ2n) is 4.71. The molecule has 0 atom stereocenters. The number of anilines is 1. The van der Waals surface area contributed by atoms with Crippen LogP contribution >= 0.6 is 0 Å². The molecule has 0 aliphatic rings. The van der Waals surface area contributed by atoms with Crippen molar-refractivity contribution in [2.75, 3.05) is 5.73 Å². The van der Waals surface area contributed by atoms with Crippen molar-refractivity contribution < 1.29 is 0 Å². The van der Waals surface area contributed by atoms with Crippen LogP contribution in [0.25, 0.3) is 22.3 Å². The van der Waals surface area contributed by atoms with Crippen molar-refractivity contribution in [2.45, 2.75) is 19.9 Å². The number of nitrogens with zero attached hydrogens (tertiary/aromatic N) is 4. The number of fused-ring (bicyclic) bond motifs is 1. The standard InChI is InChI=1S/C14H15N5/c1-9(2)19-14-11(13(15)16-8-17-14)12(18-19)10-6-4-3-5-7-10/h3-9H,1-2H3,(H2,15,16,17). The molecule has 0 bridgehead atoms. The highest BCUT2D eigenvalue weighted by Crippen LogP contribution is 2.31. The average Bonchev–Trinajstić information content (AvgIpc) is 2.81. The van der Waals surface area contributed by atoms with E-state index in [-0.39, 0.29) is 6.04 Å². The van der Waals surface area contributed by atoms with Crippen LogP contribution in [-0.2, 0) is 0 Å². The molecule has 0 aliphatic carbocycles. The zero-order chi connectivity index (χ0) is 13.4. The van der Waals surface area contributed by atoms with E-state index in [4.69, 9.17) is 5.73 Å². The highest BCUT2D eigenvalue weighted by molar-refractivity contribution is 5.98. The summed E-state index contributed by atoms with van der Waals surface area (Å²) in [5.41, 5.74) is 8.64. The number of aromatic nitrogens is 4. The van der Waals surface area contributed by atoms with Gasteiger partial charge in [0.25, 0.3) is 0 Å². The quantitative estimate of drug-likeness (QED) is 0.762. The maximum Gasteiger partial charge on any atom is 0.164 e. The molecule has 0 spiro atoms. The summed E-state index contributed by atoms with van der Waals surface area (Å²) in [6.07, 6.45) is 1.48. The molecule has 0 saturated carbocycles. The zero-order valence-corrected chi connectivity index (χ0v) is 10.9. The first-order chi connectivity index (χ1) is 9.18. The second kappa shape index (κ2) is 4.35. The van der Waals surface area contributed by atoms with E-state index in [2.05, 4.69) is 28.9 Å². The van der Waals surface area contributed by atoms with Gasteiger partial charge in [0.1, 0.15) is 17.8 Å². The fraction of sp³-hybridized carbons (Fsp3) is 0.214. The van der Waals surface area contributed by atoms with Crippen LogP contribution in [0.1, 0.15) is 19.9 Å². The van der Waals surface area contributed by atoms with Crippen LogP contribution in [0.4, 0.5) is 5.82 Å². The summed E-state index contributed by atoms with van der Waals surface area (Å²) in [6.45, 7) is 4.14. The molecular formula is C14H15N5. The molecule has 5 heteroatoms. The molecule has 3 aromatic rings. The summed E-state index contributed by atoms with van der Waals surface area (Å²) in [7, 11) is 0. The molecule has 0 radical (unpaired) electrons. The lowest BCUT2D eigenvalue weighted by atomic mass is 10.1. The fourth-order valence-corrected chi connectivity index (χ4v) is 2.15. The number of benzene rings is 1. The van der Waals surface area contributed by atoms with Crippen molar-refractivity contribution in [3.05, 3.63) is 36.7 Å². The first kappa shape index (κ1) is 11.6. The number of nitrogens with two attached hydrogens (primary N) is 1. The summed E-state index contributed by atoms with van der Waals surface area (Å²) in [5, 5.41) is 5.48. The first-order valence-electron chi connectivity index (χ1n) is 6.22. The molecule has 0 amide bonds. The SMILES string of the molecule is CC(C)n1nc(-c2ccccc2)c2c(N)ncnc21. The van der Waals surface area contributed by atoms with Gasteiger partial charge in [0, 0.05) is 11.6 Å². The van der Waals surface area contributed by atoms with E-state index in [9.17, 15) is 0 Å². The van der Waals surface area contributed by atoms with Crippen molar-refractivity contribution in [1.82, 2.24) is 19.7 Å². The maximum atomic E-state index is 6.00. The average molecular weight is 253 g/mol. The Morgan fingerprint density at radius 2 is 1.84 bits per heavy atom. The summed E-state index contributed by atoms with van der Waals surface area (Å²) < 4.78 is 1.88. The van der Waals surface area contributed by atoms with Crippen LogP contribution in [0.15, 0.2) is 36.7 Å². The highest BCUT2D eigenvalue weighted by atomic mass is 15.3. The van der Waals surface area contributed by atoms with E-state index < -0.39 is 0 Å². The molecule has 2 aromatic heterocycles. The van der Waals surface area contributed by atoms with Crippen molar-refractivity contribution in [3.8, 4) is 11.3 Å². The van der Waals surface area contributed by atoms with E-state index in [1.165, 1.54) is 6.33 Å². The third-order valence-electron chi connectivity index (χ3n) is 3.05. The summed E-state index contributed by atoms with van der Waals surface area (Å²) >= 11 is 0. The highest BCUT2D eigenvalue weighted by Gasteiger charge is 2.17. The third kappa shape index (κ3) is 1.83. The van der Waals surface area contributed by atoms with Gasteiger partial charge in [-0.05, 0) is 13.8 Å². The van der Waals surface area contributed by atoms with Gasteiger partial charge < -0.3 is 5.73 Å². The maximum absolute atomic E-state index is 6.00. The zero-order valence-electron chi connectivity index (χ0n) is 10.9. The largest absolute Gasteiger partial charge is 0.383 e. The van der Waals surface area contributed by atoms with Gasteiger partial charge in [0.15, 0.2) is 5.65 Å². The number of rotatable bonds is 2. The molecule has 3 rings (SSSR count). The lowest BCUT2D eigenvalue weighted by Gasteiger charge is -2.05. The predicted molar refractivity (Wildman–Crippen MR) is 75.6 cm³/mol. The van der Waals surface area contributed by atoms with Gasteiger partial charge in [-0.2, -0.15) is 5.10 Å². The lowest BCUT2D eigenvalue weighted by Crippen LogP contribution is -2.04. The monoisotopic (exact) mass is 253 g/mol. The fourth-order valence-electron chi connectivity index (χ4n) is 2.15. The Morgan fingerprint density at radius 3 is 2.53 bits per heavy atom. The summed E-state index contributed by atoms with van der Waals surface area (Å²) in [4.78, 5) is 8.40. The molecule has 0 saturated heterocycles. The van der Waals surface area contributed by atoms with Crippen molar-refractivity contribution in [1.29, 1.82) is 0 Å². The first-order valence-corrected chi connectivity index (χ1v) is 6.22. The molecule has 0 fully saturated rings. The Bertz CT molecular complexity index is 715. The van der Waals surface area contributed by atoms with Gasteiger partial charge in [0.05, 0.1) is 5.39 Å². The Balaban J connectivity index is 2.37. The third-order valence-corrected chi connectivity index (χ3v) is 3.05. The summed E-state index contributed by atoms with van der Waals surface area (Å²) in [5.74, 6) is 0.468. The minimum absolute atomic E-state index is 0.217. The van der Waals surface area contributed by atoms with Crippen LogP contribution in [-0.4, -0.2) is 19.7 Å². The van der Waals surface area contributed by atoms with Crippen LogP contribution < -0.4 is 5.73 Å². The van der Waals surface area contributed by atoms with Crippen LogP contribution in [0.2, 0.25) is 0 Å². The van der Waals surface area contributed by atoms with Crippen LogP contribution in [0, 0.1) is 0 Å². The summed E-state index contributed by atoms with van der Waals surface area (Å²) in [6, 6.07) is 10.2. The van der Waals surface area contributed by atoms with Crippen molar-refractivity contribution >= 4 is 16.9 Å². The Kier molecular flexibility index (Phi) is 2.67. The van der Waals surface area contributed by atoms with E-state index in [1.807, 2.05) is 35.0 Å². The van der Waals surface area contributed by atoms with E-state index >= 15 is 0 Å². The topological polar surface area (TPSA) is 69.6 Å². The minimum Gasteiger partial charge on any atom is -0.383 e. The molecule has 1 aromatic carbocycles. The molecule has 2 heterocycles. The Hall–Kier alpha value is -2.43. The van der Waals surface area contributed by atoms with E-state index in [0.717, 1.165) is 22.3 Å².